The lowest BCUT2D eigenvalue weighted by Gasteiger charge is -2.12. The Morgan fingerprint density at radius 3 is 2.29 bits per heavy atom. The molecule has 0 saturated heterocycles. The largest absolute Gasteiger partial charge is 0.493 e. The average Bonchev–Trinajstić information content (AvgIpc) is 2.88. The first kappa shape index (κ1) is 27.7. The Hall–Kier alpha value is -4.86. The summed E-state index contributed by atoms with van der Waals surface area (Å²) in [4.78, 5) is 36.7. The van der Waals surface area contributed by atoms with Crippen LogP contribution in [-0.2, 0) is 14.4 Å². The lowest BCUT2D eigenvalue weighted by molar-refractivity contribution is -0.136. The first-order valence-electron chi connectivity index (χ1n) is 11.8. The summed E-state index contributed by atoms with van der Waals surface area (Å²) in [5, 5.41) is 9.13. The third-order valence-corrected chi connectivity index (χ3v) is 5.07. The average molecular weight is 519 g/mol. The van der Waals surface area contributed by atoms with Crippen LogP contribution >= 0.6 is 0 Å². The van der Waals surface area contributed by atoms with Gasteiger partial charge < -0.3 is 24.8 Å². The molecule has 0 aromatic heterocycles. The number of benzene rings is 3. The number of methoxy groups -OCH3 is 1. The standard InChI is InChI=1S/C28H30N4O6/c1-5-37-23-9-7-6-8-22(23)31-27(34)28(35)32-29-16-20-10-11-24(25(15-20)36-4)38-17-26(33)30-21-13-18(2)12-19(3)14-21/h6-16H,5,17H2,1-4H3,(H,30,33)(H,31,34)(H,32,35)/b29-16-. The summed E-state index contributed by atoms with van der Waals surface area (Å²) in [6, 6.07) is 17.5. The maximum atomic E-state index is 12.3. The van der Waals surface area contributed by atoms with E-state index in [1.54, 1.807) is 42.5 Å². The molecular formula is C28H30N4O6. The van der Waals surface area contributed by atoms with Crippen molar-refractivity contribution in [3.05, 3.63) is 77.4 Å². The van der Waals surface area contributed by atoms with Crippen LogP contribution in [0.5, 0.6) is 17.2 Å². The van der Waals surface area contributed by atoms with Crippen LogP contribution in [0.3, 0.4) is 0 Å². The summed E-state index contributed by atoms with van der Waals surface area (Å²) < 4.78 is 16.4. The van der Waals surface area contributed by atoms with Crippen molar-refractivity contribution in [1.82, 2.24) is 5.43 Å². The monoisotopic (exact) mass is 518 g/mol. The molecule has 0 spiro atoms. The van der Waals surface area contributed by atoms with Crippen molar-refractivity contribution < 1.29 is 28.6 Å². The molecule has 0 atom stereocenters. The summed E-state index contributed by atoms with van der Waals surface area (Å²) in [5.41, 5.74) is 5.91. The maximum absolute atomic E-state index is 12.3. The lowest BCUT2D eigenvalue weighted by atomic mass is 10.1. The van der Waals surface area contributed by atoms with E-state index in [1.165, 1.54) is 13.3 Å². The van der Waals surface area contributed by atoms with E-state index in [2.05, 4.69) is 21.2 Å². The quantitative estimate of drug-likeness (QED) is 0.213. The zero-order chi connectivity index (χ0) is 27.5. The number of rotatable bonds is 10. The zero-order valence-corrected chi connectivity index (χ0v) is 21.7. The molecule has 0 aliphatic rings. The Morgan fingerprint density at radius 1 is 0.842 bits per heavy atom. The summed E-state index contributed by atoms with van der Waals surface area (Å²) in [6.07, 6.45) is 1.35. The van der Waals surface area contributed by atoms with Crippen LogP contribution in [0.25, 0.3) is 0 Å². The summed E-state index contributed by atoms with van der Waals surface area (Å²) in [7, 11) is 1.46. The Kier molecular flexibility index (Phi) is 9.81. The van der Waals surface area contributed by atoms with Crippen molar-refractivity contribution in [3.8, 4) is 17.2 Å². The highest BCUT2D eigenvalue weighted by Gasteiger charge is 2.15. The van der Waals surface area contributed by atoms with Crippen LogP contribution in [0.4, 0.5) is 11.4 Å². The fraction of sp³-hybridized carbons (Fsp3) is 0.214. The first-order chi connectivity index (χ1) is 18.3. The van der Waals surface area contributed by atoms with Crippen LogP contribution < -0.4 is 30.3 Å². The SMILES string of the molecule is CCOc1ccccc1NC(=O)C(=O)N/N=C\c1ccc(OCC(=O)Nc2cc(C)cc(C)c2)c(OC)c1. The number of nitrogens with one attached hydrogen (secondary N) is 3. The minimum absolute atomic E-state index is 0.214. The van der Waals surface area contributed by atoms with Crippen molar-refractivity contribution >= 4 is 35.3 Å². The van der Waals surface area contributed by atoms with Gasteiger partial charge in [-0.1, -0.05) is 18.2 Å². The van der Waals surface area contributed by atoms with Crippen LogP contribution in [0.1, 0.15) is 23.6 Å². The summed E-state index contributed by atoms with van der Waals surface area (Å²) in [6.45, 7) is 5.93. The second kappa shape index (κ2) is 13.4. The zero-order valence-electron chi connectivity index (χ0n) is 21.7. The number of hydrogen-bond donors (Lipinski definition) is 3. The van der Waals surface area contributed by atoms with Crippen LogP contribution in [0, 0.1) is 13.8 Å². The minimum atomic E-state index is -0.950. The van der Waals surface area contributed by atoms with E-state index in [1.807, 2.05) is 39.0 Å². The highest BCUT2D eigenvalue weighted by Crippen LogP contribution is 2.28. The van der Waals surface area contributed by atoms with Gasteiger partial charge in [-0.2, -0.15) is 5.10 Å². The smallest absolute Gasteiger partial charge is 0.329 e. The van der Waals surface area contributed by atoms with E-state index in [4.69, 9.17) is 14.2 Å². The number of carbonyl (C=O) groups is 3. The third kappa shape index (κ3) is 8.09. The molecular weight excluding hydrogens is 488 g/mol. The molecule has 3 aromatic carbocycles. The van der Waals surface area contributed by atoms with Crippen molar-refractivity contribution in [2.24, 2.45) is 5.10 Å². The molecule has 198 valence electrons. The van der Waals surface area contributed by atoms with E-state index in [0.717, 1.165) is 11.1 Å². The van der Waals surface area contributed by atoms with Gasteiger partial charge in [0.15, 0.2) is 18.1 Å². The van der Waals surface area contributed by atoms with Gasteiger partial charge in [-0.25, -0.2) is 5.43 Å². The van der Waals surface area contributed by atoms with Gasteiger partial charge in [0, 0.05) is 5.69 Å². The van der Waals surface area contributed by atoms with Gasteiger partial charge in [-0.05, 0) is 79.9 Å². The number of para-hydroxylation sites is 2. The molecule has 0 aliphatic carbocycles. The predicted molar refractivity (Wildman–Crippen MR) is 145 cm³/mol. The van der Waals surface area contributed by atoms with Crippen molar-refractivity contribution in [2.45, 2.75) is 20.8 Å². The Morgan fingerprint density at radius 2 is 1.58 bits per heavy atom. The minimum Gasteiger partial charge on any atom is -0.493 e. The molecule has 0 bridgehead atoms. The third-order valence-electron chi connectivity index (χ3n) is 5.07. The number of ether oxygens (including phenoxy) is 3. The second-order valence-corrected chi connectivity index (χ2v) is 8.21. The Balaban J connectivity index is 1.54. The molecule has 3 N–H and O–H groups in total. The van der Waals surface area contributed by atoms with E-state index >= 15 is 0 Å². The van der Waals surface area contributed by atoms with Gasteiger partial charge in [0.1, 0.15) is 5.75 Å². The molecule has 38 heavy (non-hydrogen) atoms. The molecule has 3 aromatic rings. The van der Waals surface area contributed by atoms with Crippen molar-refractivity contribution in [1.29, 1.82) is 0 Å². The van der Waals surface area contributed by atoms with Gasteiger partial charge in [0.2, 0.25) is 0 Å². The van der Waals surface area contributed by atoms with Gasteiger partial charge in [-0.3, -0.25) is 14.4 Å². The van der Waals surface area contributed by atoms with Crippen LogP contribution in [0.15, 0.2) is 65.8 Å². The topological polar surface area (TPSA) is 127 Å². The molecule has 10 nitrogen and oxygen atoms in total. The van der Waals surface area contributed by atoms with Gasteiger partial charge in [-0.15, -0.1) is 0 Å². The van der Waals surface area contributed by atoms with Crippen LogP contribution in [-0.4, -0.2) is 44.3 Å². The summed E-state index contributed by atoms with van der Waals surface area (Å²) in [5.74, 6) is -0.977. The van der Waals surface area contributed by atoms with E-state index in [0.29, 0.717) is 40.8 Å². The maximum Gasteiger partial charge on any atom is 0.329 e. The number of hydrogen-bond acceptors (Lipinski definition) is 7. The molecule has 0 heterocycles. The fourth-order valence-electron chi connectivity index (χ4n) is 3.52. The highest BCUT2D eigenvalue weighted by molar-refractivity contribution is 6.39. The number of anilines is 2. The summed E-state index contributed by atoms with van der Waals surface area (Å²) >= 11 is 0. The molecule has 0 radical (unpaired) electrons. The molecule has 0 unspecified atom stereocenters. The molecule has 3 rings (SSSR count). The molecule has 0 aliphatic heterocycles. The number of nitrogens with zero attached hydrogens (tertiary/aromatic N) is 1. The highest BCUT2D eigenvalue weighted by atomic mass is 16.5. The van der Waals surface area contributed by atoms with Gasteiger partial charge in [0.25, 0.3) is 5.91 Å². The second-order valence-electron chi connectivity index (χ2n) is 8.21. The molecule has 3 amide bonds. The van der Waals surface area contributed by atoms with E-state index < -0.39 is 11.8 Å². The van der Waals surface area contributed by atoms with Gasteiger partial charge in [0.05, 0.1) is 25.6 Å². The molecule has 0 fully saturated rings. The van der Waals surface area contributed by atoms with Crippen molar-refractivity contribution in [2.75, 3.05) is 31.0 Å². The Bertz CT molecular complexity index is 1320. The fourth-order valence-corrected chi connectivity index (χ4v) is 3.52. The normalized spacial score (nSPS) is 10.5. The number of carbonyl (C=O) groups excluding carboxylic acids is 3. The number of hydrazone groups is 1. The Labute approximate surface area is 221 Å². The number of amides is 3. The predicted octanol–water partition coefficient (Wildman–Crippen LogP) is 3.82. The van der Waals surface area contributed by atoms with Crippen LogP contribution in [0.2, 0.25) is 0 Å². The van der Waals surface area contributed by atoms with E-state index in [-0.39, 0.29) is 12.5 Å². The molecule has 10 heteroatoms. The number of aryl methyl sites for hydroxylation is 2. The van der Waals surface area contributed by atoms with E-state index in [9.17, 15) is 14.4 Å². The van der Waals surface area contributed by atoms with Gasteiger partial charge >= 0.3 is 11.8 Å². The van der Waals surface area contributed by atoms with Crippen molar-refractivity contribution in [3.63, 3.8) is 0 Å². The molecule has 0 saturated carbocycles. The lowest BCUT2D eigenvalue weighted by Crippen LogP contribution is -2.32. The first-order valence-corrected chi connectivity index (χ1v) is 11.8.